The molecule has 0 saturated carbocycles. The van der Waals surface area contributed by atoms with E-state index in [0.29, 0.717) is 35.8 Å². The van der Waals surface area contributed by atoms with Gasteiger partial charge in [-0.25, -0.2) is 4.39 Å². The molecule has 0 bridgehead atoms. The van der Waals surface area contributed by atoms with Crippen LogP contribution >= 0.6 is 0 Å². The molecular formula is C30H36FN5O2. The largest absolute Gasteiger partial charge is 0.456 e. The molecule has 0 radical (unpaired) electrons. The third-order valence-corrected chi connectivity index (χ3v) is 5.93. The summed E-state index contributed by atoms with van der Waals surface area (Å²) in [6.07, 6.45) is 5.15. The average molecular weight is 518 g/mol. The SMILES string of the molecule is Cc1cc(CCOCN/C(C=NC(C)(C)C)=C/N)c(F)cc1Oc1ccnc2ccc(C(C)(C)C#N)cc12. The van der Waals surface area contributed by atoms with Gasteiger partial charge in [0, 0.05) is 30.1 Å². The Hall–Kier alpha value is -3.96. The number of aromatic nitrogens is 1. The molecule has 0 saturated heterocycles. The molecule has 3 aromatic rings. The number of nitriles is 1. The van der Waals surface area contributed by atoms with Crippen molar-refractivity contribution in [1.29, 1.82) is 5.26 Å². The zero-order chi connectivity index (χ0) is 27.9. The van der Waals surface area contributed by atoms with E-state index in [2.05, 4.69) is 21.4 Å². The van der Waals surface area contributed by atoms with Crippen LogP contribution in [-0.2, 0) is 16.6 Å². The van der Waals surface area contributed by atoms with Gasteiger partial charge in [-0.05, 0) is 88.9 Å². The second kappa shape index (κ2) is 12.1. The van der Waals surface area contributed by atoms with Crippen LogP contribution < -0.4 is 15.8 Å². The highest BCUT2D eigenvalue weighted by atomic mass is 19.1. The van der Waals surface area contributed by atoms with Gasteiger partial charge in [-0.15, -0.1) is 0 Å². The standard InChI is InChI=1S/C30H36FN5O2/c1-20-13-21(10-12-37-19-35-23(16-32)17-36-29(2,3)4)25(31)15-28(20)38-27-9-11-34-26-8-7-22(14-24(26)27)30(5,6)18-33/h7-9,11,13-17,35H,10,12,19,32H2,1-6H3/b23-16+,36-17?. The van der Waals surface area contributed by atoms with E-state index >= 15 is 0 Å². The van der Waals surface area contributed by atoms with Gasteiger partial charge in [-0.3, -0.25) is 9.98 Å². The Bertz CT molecular complexity index is 1380. The number of aryl methyl sites for hydroxylation is 1. The molecular weight excluding hydrogens is 481 g/mol. The van der Waals surface area contributed by atoms with E-state index in [4.69, 9.17) is 15.2 Å². The van der Waals surface area contributed by atoms with Gasteiger partial charge in [0.2, 0.25) is 0 Å². The van der Waals surface area contributed by atoms with Crippen molar-refractivity contribution in [2.75, 3.05) is 13.3 Å². The highest BCUT2D eigenvalue weighted by molar-refractivity contribution is 5.86. The van der Waals surface area contributed by atoms with E-state index in [1.54, 1.807) is 24.5 Å². The van der Waals surface area contributed by atoms with E-state index in [0.717, 1.165) is 22.0 Å². The summed E-state index contributed by atoms with van der Waals surface area (Å²) in [7, 11) is 0. The lowest BCUT2D eigenvalue weighted by Gasteiger charge is -2.18. The van der Waals surface area contributed by atoms with Gasteiger partial charge in [0.05, 0.1) is 34.8 Å². The molecule has 3 rings (SSSR count). The van der Waals surface area contributed by atoms with Crippen LogP contribution in [0.1, 0.15) is 51.3 Å². The van der Waals surface area contributed by atoms with Crippen LogP contribution in [0.15, 0.2) is 59.5 Å². The topological polar surface area (TPSA) is 106 Å². The van der Waals surface area contributed by atoms with E-state index in [-0.39, 0.29) is 18.1 Å². The summed E-state index contributed by atoms with van der Waals surface area (Å²) in [4.78, 5) is 8.80. The van der Waals surface area contributed by atoms with Gasteiger partial charge in [0.1, 0.15) is 24.0 Å². The number of nitrogens with zero attached hydrogens (tertiary/aromatic N) is 3. The first-order valence-corrected chi connectivity index (χ1v) is 12.5. The van der Waals surface area contributed by atoms with Crippen molar-refractivity contribution < 1.29 is 13.9 Å². The number of halogens is 1. The fourth-order valence-corrected chi connectivity index (χ4v) is 3.61. The predicted molar refractivity (Wildman–Crippen MR) is 150 cm³/mol. The number of ether oxygens (including phenoxy) is 2. The van der Waals surface area contributed by atoms with Gasteiger partial charge in [0.25, 0.3) is 0 Å². The summed E-state index contributed by atoms with van der Waals surface area (Å²) in [6, 6.07) is 12.9. The summed E-state index contributed by atoms with van der Waals surface area (Å²) in [5, 5.41) is 13.3. The molecule has 7 nitrogen and oxygen atoms in total. The highest BCUT2D eigenvalue weighted by Gasteiger charge is 2.21. The van der Waals surface area contributed by atoms with Crippen LogP contribution in [0.25, 0.3) is 10.9 Å². The monoisotopic (exact) mass is 517 g/mol. The maximum Gasteiger partial charge on any atom is 0.138 e. The smallest absolute Gasteiger partial charge is 0.138 e. The molecule has 2 aromatic carbocycles. The Morgan fingerprint density at radius 1 is 1.16 bits per heavy atom. The lowest BCUT2D eigenvalue weighted by molar-refractivity contribution is 0.126. The number of hydrogen-bond acceptors (Lipinski definition) is 7. The number of nitrogens with one attached hydrogen (secondary N) is 1. The van der Waals surface area contributed by atoms with Gasteiger partial charge in [0.15, 0.2) is 0 Å². The first-order valence-electron chi connectivity index (χ1n) is 12.5. The Labute approximate surface area is 224 Å². The van der Waals surface area contributed by atoms with E-state index in [1.807, 2.05) is 59.7 Å². The molecule has 3 N–H and O–H groups in total. The number of aliphatic imine (C=N–C) groups is 1. The Morgan fingerprint density at radius 2 is 1.92 bits per heavy atom. The van der Waals surface area contributed by atoms with Crippen LogP contribution in [0.2, 0.25) is 0 Å². The number of hydrogen-bond donors (Lipinski definition) is 2. The van der Waals surface area contributed by atoms with Gasteiger partial charge < -0.3 is 20.5 Å². The average Bonchev–Trinajstić information content (AvgIpc) is 2.87. The number of fused-ring (bicyclic) bond motifs is 1. The van der Waals surface area contributed by atoms with Crippen molar-refractivity contribution in [2.45, 2.75) is 58.9 Å². The summed E-state index contributed by atoms with van der Waals surface area (Å²) < 4.78 is 26.7. The molecule has 0 aliphatic heterocycles. The van der Waals surface area contributed by atoms with Gasteiger partial charge in [-0.1, -0.05) is 6.07 Å². The molecule has 1 heterocycles. The number of nitrogens with two attached hydrogens (primary N) is 1. The summed E-state index contributed by atoms with van der Waals surface area (Å²) >= 11 is 0. The fraction of sp³-hybridized carbons (Fsp3) is 0.367. The number of rotatable bonds is 10. The minimum absolute atomic E-state index is 0.205. The van der Waals surface area contributed by atoms with E-state index in [1.165, 1.54) is 12.3 Å². The normalized spacial score (nSPS) is 12.6. The molecule has 38 heavy (non-hydrogen) atoms. The van der Waals surface area contributed by atoms with E-state index < -0.39 is 5.41 Å². The highest BCUT2D eigenvalue weighted by Crippen LogP contribution is 2.34. The number of benzene rings is 2. The van der Waals surface area contributed by atoms with E-state index in [9.17, 15) is 9.65 Å². The Balaban J connectivity index is 1.67. The third kappa shape index (κ3) is 7.53. The van der Waals surface area contributed by atoms with Crippen LogP contribution in [0, 0.1) is 24.1 Å². The first-order chi connectivity index (χ1) is 17.9. The fourth-order valence-electron chi connectivity index (χ4n) is 3.61. The molecule has 1 aromatic heterocycles. The number of allylic oxidation sites excluding steroid dienone is 1. The van der Waals surface area contributed by atoms with Crippen molar-refractivity contribution in [3.05, 3.63) is 77.0 Å². The van der Waals surface area contributed by atoms with Crippen molar-refractivity contribution in [2.24, 2.45) is 10.7 Å². The van der Waals surface area contributed by atoms with Crippen LogP contribution in [0.5, 0.6) is 11.5 Å². The minimum atomic E-state index is -0.662. The molecule has 0 amide bonds. The predicted octanol–water partition coefficient (Wildman–Crippen LogP) is 6.05. The Kier molecular flexibility index (Phi) is 9.08. The first kappa shape index (κ1) is 28.6. The van der Waals surface area contributed by atoms with Crippen LogP contribution in [-0.4, -0.2) is 30.1 Å². The lowest BCUT2D eigenvalue weighted by Crippen LogP contribution is -2.21. The molecule has 0 atom stereocenters. The second-order valence-corrected chi connectivity index (χ2v) is 10.6. The molecule has 0 aliphatic carbocycles. The van der Waals surface area contributed by atoms with Crippen molar-refractivity contribution >= 4 is 17.1 Å². The zero-order valence-electron chi connectivity index (χ0n) is 22.9. The van der Waals surface area contributed by atoms with Gasteiger partial charge >= 0.3 is 0 Å². The minimum Gasteiger partial charge on any atom is -0.456 e. The van der Waals surface area contributed by atoms with Crippen LogP contribution in [0.4, 0.5) is 4.39 Å². The van der Waals surface area contributed by atoms with Gasteiger partial charge in [-0.2, -0.15) is 5.26 Å². The second-order valence-electron chi connectivity index (χ2n) is 10.6. The molecule has 200 valence electrons. The molecule has 8 heteroatoms. The maximum atomic E-state index is 15.0. The Morgan fingerprint density at radius 3 is 2.61 bits per heavy atom. The van der Waals surface area contributed by atoms with Crippen molar-refractivity contribution in [3.8, 4) is 17.6 Å². The third-order valence-electron chi connectivity index (χ3n) is 5.93. The zero-order valence-corrected chi connectivity index (χ0v) is 22.9. The van der Waals surface area contributed by atoms with Crippen molar-refractivity contribution in [3.63, 3.8) is 0 Å². The maximum absolute atomic E-state index is 15.0. The van der Waals surface area contributed by atoms with Crippen molar-refractivity contribution in [1.82, 2.24) is 10.3 Å². The summed E-state index contributed by atoms with van der Waals surface area (Å²) in [5.41, 5.74) is 8.33. The lowest BCUT2D eigenvalue weighted by atomic mass is 9.85. The van der Waals surface area contributed by atoms with Crippen LogP contribution in [0.3, 0.4) is 0 Å². The molecule has 0 unspecified atom stereocenters. The number of pyridine rings is 1. The molecule has 0 spiro atoms. The summed E-state index contributed by atoms with van der Waals surface area (Å²) in [6.45, 7) is 12.1. The molecule has 0 fully saturated rings. The quantitative estimate of drug-likeness (QED) is 0.193. The molecule has 0 aliphatic rings. The summed E-state index contributed by atoms with van der Waals surface area (Å²) in [5.74, 6) is 0.600.